The van der Waals surface area contributed by atoms with Gasteiger partial charge in [0.1, 0.15) is 5.15 Å². The van der Waals surface area contributed by atoms with Gasteiger partial charge in [-0.2, -0.15) is 0 Å². The fourth-order valence-electron chi connectivity index (χ4n) is 1.84. The number of rotatable bonds is 4. The van der Waals surface area contributed by atoms with Crippen molar-refractivity contribution >= 4 is 23.2 Å². The summed E-state index contributed by atoms with van der Waals surface area (Å²) in [5, 5.41) is 0.643. The molecule has 0 fully saturated rings. The van der Waals surface area contributed by atoms with E-state index in [9.17, 15) is 9.59 Å². The molecule has 5 nitrogen and oxygen atoms in total. The lowest BCUT2D eigenvalue weighted by Crippen LogP contribution is -2.39. The van der Waals surface area contributed by atoms with Crippen LogP contribution in [0, 0.1) is 0 Å². The molecular formula is C13H13Cl2N3O2. The highest BCUT2D eigenvalue weighted by molar-refractivity contribution is 6.34. The van der Waals surface area contributed by atoms with Crippen LogP contribution in [-0.4, -0.2) is 14.1 Å². The van der Waals surface area contributed by atoms with E-state index in [4.69, 9.17) is 23.2 Å². The Balaban J connectivity index is 2.45. The van der Waals surface area contributed by atoms with E-state index in [-0.39, 0.29) is 22.9 Å². The van der Waals surface area contributed by atoms with Crippen LogP contribution >= 0.6 is 23.2 Å². The number of hydrogen-bond donors (Lipinski definition) is 0. The number of nitrogens with zero attached hydrogens (tertiary/aromatic N) is 3. The SMILES string of the molecule is CCCn1ccc(=O)n(Cc2cnc(Cl)cc2Cl)c1=O. The number of hydrogen-bond acceptors (Lipinski definition) is 3. The number of pyridine rings is 1. The van der Waals surface area contributed by atoms with Gasteiger partial charge in [0, 0.05) is 30.6 Å². The molecule has 0 bridgehead atoms. The second-order valence-corrected chi connectivity index (χ2v) is 5.11. The zero-order chi connectivity index (χ0) is 14.7. The van der Waals surface area contributed by atoms with Crippen molar-refractivity contribution in [3.05, 3.63) is 61.1 Å². The smallest absolute Gasteiger partial charge is 0.300 e. The summed E-state index contributed by atoms with van der Waals surface area (Å²) in [6.07, 6.45) is 3.78. The van der Waals surface area contributed by atoms with Crippen LogP contribution in [0.5, 0.6) is 0 Å². The Morgan fingerprint density at radius 1 is 1.30 bits per heavy atom. The molecule has 2 aromatic heterocycles. The fraction of sp³-hybridized carbons (Fsp3) is 0.308. The van der Waals surface area contributed by atoms with Crippen LogP contribution < -0.4 is 11.2 Å². The van der Waals surface area contributed by atoms with E-state index in [1.54, 1.807) is 0 Å². The third-order valence-corrected chi connectivity index (χ3v) is 3.39. The summed E-state index contributed by atoms with van der Waals surface area (Å²) in [5.41, 5.74) is -0.150. The molecule has 2 heterocycles. The van der Waals surface area contributed by atoms with Crippen LogP contribution in [0.25, 0.3) is 0 Å². The molecule has 0 spiro atoms. The molecule has 0 atom stereocenters. The lowest BCUT2D eigenvalue weighted by atomic mass is 10.3. The molecule has 7 heteroatoms. The molecular weight excluding hydrogens is 301 g/mol. The van der Waals surface area contributed by atoms with Gasteiger partial charge in [-0.05, 0) is 12.5 Å². The first-order valence-electron chi connectivity index (χ1n) is 6.13. The third kappa shape index (κ3) is 3.11. The maximum Gasteiger partial charge on any atom is 0.331 e. The van der Waals surface area contributed by atoms with E-state index < -0.39 is 0 Å². The number of halogens is 2. The maximum atomic E-state index is 12.2. The van der Waals surface area contributed by atoms with Gasteiger partial charge in [-0.25, -0.2) is 9.78 Å². The van der Waals surface area contributed by atoms with Gasteiger partial charge < -0.3 is 4.57 Å². The Bertz CT molecular complexity index is 737. The van der Waals surface area contributed by atoms with Crippen molar-refractivity contribution in [3.63, 3.8) is 0 Å². The van der Waals surface area contributed by atoms with Gasteiger partial charge in [0.25, 0.3) is 5.56 Å². The second-order valence-electron chi connectivity index (χ2n) is 4.31. The standard InChI is InChI=1S/C13H13Cl2N3O2/c1-2-4-17-5-3-12(19)18(13(17)20)8-9-7-16-11(15)6-10(9)14/h3,5-7H,2,4,8H2,1H3. The van der Waals surface area contributed by atoms with E-state index in [2.05, 4.69) is 4.98 Å². The summed E-state index contributed by atoms with van der Waals surface area (Å²) in [5.74, 6) is 0. The minimum Gasteiger partial charge on any atom is -0.300 e. The molecule has 0 aliphatic carbocycles. The molecule has 2 aromatic rings. The van der Waals surface area contributed by atoms with Crippen molar-refractivity contribution < 1.29 is 0 Å². The molecule has 2 rings (SSSR count). The third-order valence-electron chi connectivity index (χ3n) is 2.83. The predicted octanol–water partition coefficient (Wildman–Crippen LogP) is 2.17. The Labute approximate surface area is 125 Å². The molecule has 0 unspecified atom stereocenters. The van der Waals surface area contributed by atoms with Gasteiger partial charge in [-0.15, -0.1) is 0 Å². The van der Waals surface area contributed by atoms with Crippen LogP contribution in [0.2, 0.25) is 10.2 Å². The normalized spacial score (nSPS) is 10.8. The lowest BCUT2D eigenvalue weighted by molar-refractivity contribution is 0.570. The van der Waals surface area contributed by atoms with Gasteiger partial charge in [0.2, 0.25) is 0 Å². The summed E-state index contributed by atoms with van der Waals surface area (Å²) in [6.45, 7) is 2.60. The molecule has 0 aliphatic heterocycles. The van der Waals surface area contributed by atoms with Crippen LogP contribution in [-0.2, 0) is 13.1 Å². The first-order chi connectivity index (χ1) is 9.52. The van der Waals surface area contributed by atoms with Crippen molar-refractivity contribution in [3.8, 4) is 0 Å². The summed E-state index contributed by atoms with van der Waals surface area (Å²) in [4.78, 5) is 27.9. The van der Waals surface area contributed by atoms with Crippen LogP contribution in [0.1, 0.15) is 18.9 Å². The largest absolute Gasteiger partial charge is 0.331 e. The van der Waals surface area contributed by atoms with Crippen LogP contribution in [0.3, 0.4) is 0 Å². The van der Waals surface area contributed by atoms with Crippen LogP contribution in [0.4, 0.5) is 0 Å². The summed E-state index contributed by atoms with van der Waals surface area (Å²) in [7, 11) is 0. The lowest BCUT2D eigenvalue weighted by Gasteiger charge is -2.10. The molecule has 0 N–H and O–H groups in total. The van der Waals surface area contributed by atoms with Crippen molar-refractivity contribution in [2.24, 2.45) is 0 Å². The summed E-state index contributed by atoms with van der Waals surface area (Å²) < 4.78 is 2.63. The molecule has 0 aliphatic rings. The highest BCUT2D eigenvalue weighted by Crippen LogP contribution is 2.18. The van der Waals surface area contributed by atoms with Crippen LogP contribution in [0.15, 0.2) is 34.1 Å². The second kappa shape index (κ2) is 6.24. The molecule has 0 radical (unpaired) electrons. The van der Waals surface area contributed by atoms with E-state index >= 15 is 0 Å². The van der Waals surface area contributed by atoms with Crippen molar-refractivity contribution in [1.82, 2.24) is 14.1 Å². The molecule has 20 heavy (non-hydrogen) atoms. The van der Waals surface area contributed by atoms with Gasteiger partial charge in [0.05, 0.1) is 11.6 Å². The van der Waals surface area contributed by atoms with Gasteiger partial charge in [-0.3, -0.25) is 9.36 Å². The minimum atomic E-state index is -0.367. The average Bonchev–Trinajstić information content (AvgIpc) is 2.40. The predicted molar refractivity (Wildman–Crippen MR) is 78.6 cm³/mol. The molecule has 0 saturated heterocycles. The van der Waals surface area contributed by atoms with E-state index in [1.807, 2.05) is 6.92 Å². The Morgan fingerprint density at radius 2 is 2.05 bits per heavy atom. The Morgan fingerprint density at radius 3 is 2.70 bits per heavy atom. The quantitative estimate of drug-likeness (QED) is 0.813. The number of aromatic nitrogens is 3. The summed E-state index contributed by atoms with van der Waals surface area (Å²) >= 11 is 11.8. The molecule has 0 amide bonds. The maximum absolute atomic E-state index is 12.2. The minimum absolute atomic E-state index is 0.0746. The fourth-order valence-corrected chi connectivity index (χ4v) is 2.26. The summed E-state index contributed by atoms with van der Waals surface area (Å²) in [6, 6.07) is 2.85. The van der Waals surface area contributed by atoms with Crippen molar-refractivity contribution in [2.45, 2.75) is 26.4 Å². The topological polar surface area (TPSA) is 56.9 Å². The molecule has 0 aromatic carbocycles. The van der Waals surface area contributed by atoms with E-state index in [0.717, 1.165) is 11.0 Å². The molecule has 0 saturated carbocycles. The average molecular weight is 314 g/mol. The zero-order valence-electron chi connectivity index (χ0n) is 10.8. The Hall–Kier alpha value is -1.59. The first-order valence-corrected chi connectivity index (χ1v) is 6.88. The van der Waals surface area contributed by atoms with E-state index in [1.165, 1.54) is 29.1 Å². The van der Waals surface area contributed by atoms with Gasteiger partial charge in [-0.1, -0.05) is 30.1 Å². The van der Waals surface area contributed by atoms with Crippen molar-refractivity contribution in [1.29, 1.82) is 0 Å². The zero-order valence-corrected chi connectivity index (χ0v) is 12.4. The molecule has 106 valence electrons. The highest BCUT2D eigenvalue weighted by Gasteiger charge is 2.09. The van der Waals surface area contributed by atoms with Gasteiger partial charge >= 0.3 is 5.69 Å². The first kappa shape index (κ1) is 14.8. The van der Waals surface area contributed by atoms with Gasteiger partial charge in [0.15, 0.2) is 0 Å². The Kier molecular flexibility index (Phi) is 4.62. The highest BCUT2D eigenvalue weighted by atomic mass is 35.5. The monoisotopic (exact) mass is 313 g/mol. The van der Waals surface area contributed by atoms with E-state index in [0.29, 0.717) is 17.1 Å². The van der Waals surface area contributed by atoms with Crippen molar-refractivity contribution in [2.75, 3.05) is 0 Å². The number of aryl methyl sites for hydroxylation is 1.